The smallest absolute Gasteiger partial charge is 0.226 e. The molecule has 1 amide bonds. The Balaban J connectivity index is 1.51. The molecule has 0 radical (unpaired) electrons. The van der Waals surface area contributed by atoms with E-state index in [1.807, 2.05) is 16.2 Å². The van der Waals surface area contributed by atoms with E-state index in [-0.39, 0.29) is 22.9 Å². The molecule has 9 heteroatoms. The fraction of sp³-hybridized carbons (Fsp3) is 0.524. The summed E-state index contributed by atoms with van der Waals surface area (Å²) in [6.45, 7) is 2.46. The number of ether oxygens (including phenoxy) is 1. The number of amides is 1. The van der Waals surface area contributed by atoms with Crippen molar-refractivity contribution >= 4 is 29.7 Å². The van der Waals surface area contributed by atoms with E-state index in [2.05, 4.69) is 5.32 Å². The van der Waals surface area contributed by atoms with Crippen LogP contribution in [-0.4, -0.2) is 34.8 Å². The molecule has 1 saturated heterocycles. The number of nitrogens with zero attached hydrogens (tertiary/aromatic N) is 2. The molecule has 162 valence electrons. The van der Waals surface area contributed by atoms with E-state index in [0.29, 0.717) is 30.2 Å². The van der Waals surface area contributed by atoms with Gasteiger partial charge in [0.15, 0.2) is 4.77 Å². The van der Waals surface area contributed by atoms with Crippen molar-refractivity contribution in [3.05, 3.63) is 50.5 Å². The van der Waals surface area contributed by atoms with Crippen LogP contribution in [0.15, 0.2) is 12.1 Å². The van der Waals surface area contributed by atoms with Gasteiger partial charge < -0.3 is 19.2 Å². The molecule has 1 aromatic heterocycles. The van der Waals surface area contributed by atoms with E-state index in [0.717, 1.165) is 37.4 Å². The highest BCUT2D eigenvalue weighted by molar-refractivity contribution is 7.71. The number of fused-ring (bicyclic) bond motifs is 1. The normalized spacial score (nSPS) is 19.1. The summed E-state index contributed by atoms with van der Waals surface area (Å²) in [5, 5.41) is 2.91. The minimum absolute atomic E-state index is 0.0156. The highest BCUT2D eigenvalue weighted by Gasteiger charge is 2.33. The lowest BCUT2D eigenvalue weighted by Gasteiger charge is -2.22. The number of rotatable bonds is 5. The molecule has 30 heavy (non-hydrogen) atoms. The molecule has 1 atom stereocenters. The van der Waals surface area contributed by atoms with E-state index in [9.17, 15) is 13.6 Å². The second kappa shape index (κ2) is 8.77. The third-order valence-electron chi connectivity index (χ3n) is 6.17. The first-order chi connectivity index (χ1) is 14.4. The Bertz CT molecular complexity index is 1030. The topological polar surface area (TPSA) is 48.2 Å². The van der Waals surface area contributed by atoms with Crippen molar-refractivity contribution in [2.75, 3.05) is 19.8 Å². The van der Waals surface area contributed by atoms with Gasteiger partial charge in [0, 0.05) is 56.2 Å². The molecule has 0 saturated carbocycles. The molecule has 0 aliphatic carbocycles. The number of hydrogen-bond acceptors (Lipinski definition) is 3. The molecule has 0 spiro atoms. The maximum Gasteiger partial charge on any atom is 0.226 e. The van der Waals surface area contributed by atoms with Crippen molar-refractivity contribution < 1.29 is 18.3 Å². The van der Waals surface area contributed by atoms with Gasteiger partial charge in [0.25, 0.3) is 0 Å². The number of hydrogen-bond donors (Lipinski definition) is 1. The minimum atomic E-state index is -0.724. The van der Waals surface area contributed by atoms with Crippen molar-refractivity contribution in [1.82, 2.24) is 14.5 Å². The van der Waals surface area contributed by atoms with Crippen LogP contribution in [0.25, 0.3) is 0 Å². The van der Waals surface area contributed by atoms with Crippen LogP contribution < -0.4 is 5.32 Å². The number of carbonyl (C=O) groups is 1. The van der Waals surface area contributed by atoms with Crippen LogP contribution >= 0.6 is 23.8 Å². The Kier molecular flexibility index (Phi) is 6.27. The van der Waals surface area contributed by atoms with Crippen molar-refractivity contribution in [3.8, 4) is 0 Å². The Morgan fingerprint density at radius 2 is 2.07 bits per heavy atom. The average molecular weight is 456 g/mol. The largest absolute Gasteiger partial charge is 0.381 e. The zero-order chi connectivity index (χ0) is 21.4. The summed E-state index contributed by atoms with van der Waals surface area (Å²) in [6.07, 6.45) is 2.48. The zero-order valence-electron chi connectivity index (χ0n) is 16.7. The molecule has 2 aliphatic heterocycles. The molecule has 4 rings (SSSR count). The van der Waals surface area contributed by atoms with Crippen LogP contribution in [0.3, 0.4) is 0 Å². The molecular weight excluding hydrogens is 432 g/mol. The first-order valence-electron chi connectivity index (χ1n) is 10.1. The van der Waals surface area contributed by atoms with Gasteiger partial charge in [-0.1, -0.05) is 11.6 Å². The van der Waals surface area contributed by atoms with Gasteiger partial charge in [-0.25, -0.2) is 8.78 Å². The Morgan fingerprint density at radius 1 is 1.33 bits per heavy atom. The van der Waals surface area contributed by atoms with Crippen LogP contribution in [-0.2, 0) is 36.0 Å². The second-order valence-corrected chi connectivity index (χ2v) is 8.81. The summed E-state index contributed by atoms with van der Waals surface area (Å²) >= 11 is 11.4. The molecule has 0 unspecified atom stereocenters. The molecule has 2 aromatic rings. The number of benzene rings is 1. The van der Waals surface area contributed by atoms with Gasteiger partial charge in [-0.15, -0.1) is 0 Å². The summed E-state index contributed by atoms with van der Waals surface area (Å²) in [7, 11) is 1.82. The number of halogens is 3. The predicted octanol–water partition coefficient (Wildman–Crippen LogP) is 3.91. The van der Waals surface area contributed by atoms with Crippen LogP contribution in [0.1, 0.15) is 35.7 Å². The highest BCUT2D eigenvalue weighted by atomic mass is 35.5. The van der Waals surface area contributed by atoms with E-state index in [4.69, 9.17) is 28.6 Å². The van der Waals surface area contributed by atoms with Crippen molar-refractivity contribution in [2.45, 2.75) is 38.1 Å². The van der Waals surface area contributed by atoms with Crippen LogP contribution in [0.2, 0.25) is 5.02 Å². The second-order valence-electron chi connectivity index (χ2n) is 8.04. The Morgan fingerprint density at radius 3 is 2.80 bits per heavy atom. The lowest BCUT2D eigenvalue weighted by atomic mass is 9.95. The Hall–Kier alpha value is -1.77. The number of carbonyl (C=O) groups excluding carboxylic acids is 1. The quantitative estimate of drug-likeness (QED) is 0.549. The SMILES string of the molecule is Cn1c(CC(=O)NCC2CCOCC2)c2n(c1=S)C[C@H](c1c(F)ccc(Cl)c1F)C2. The minimum Gasteiger partial charge on any atom is -0.381 e. The zero-order valence-corrected chi connectivity index (χ0v) is 18.3. The summed E-state index contributed by atoms with van der Waals surface area (Å²) in [4.78, 5) is 12.6. The molecule has 1 fully saturated rings. The molecule has 2 aliphatic rings. The highest BCUT2D eigenvalue weighted by Crippen LogP contribution is 2.37. The van der Waals surface area contributed by atoms with Gasteiger partial charge in [-0.3, -0.25) is 4.79 Å². The van der Waals surface area contributed by atoms with Gasteiger partial charge in [-0.2, -0.15) is 0 Å². The number of aromatic nitrogens is 2. The number of imidazole rings is 1. The standard InChI is InChI=1S/C21H24ClF2N3O2S/c1-26-16(9-18(28)25-10-12-4-6-29-7-5-12)17-8-13(11-27(17)21(26)30)19-15(23)3-2-14(22)20(19)24/h2-3,12-13H,4-11H2,1H3,(H,25,28)/t13-/m1/s1. The van der Waals surface area contributed by atoms with E-state index in [1.54, 1.807) is 0 Å². The first kappa shape index (κ1) is 21.5. The number of nitrogens with one attached hydrogen (secondary N) is 1. The third kappa shape index (κ3) is 4.05. The van der Waals surface area contributed by atoms with E-state index < -0.39 is 17.6 Å². The monoisotopic (exact) mass is 455 g/mol. The van der Waals surface area contributed by atoms with E-state index in [1.165, 1.54) is 12.1 Å². The van der Waals surface area contributed by atoms with Crippen LogP contribution in [0.4, 0.5) is 8.78 Å². The van der Waals surface area contributed by atoms with Gasteiger partial charge in [0.2, 0.25) is 5.91 Å². The van der Waals surface area contributed by atoms with Crippen molar-refractivity contribution in [1.29, 1.82) is 0 Å². The predicted molar refractivity (Wildman–Crippen MR) is 112 cm³/mol. The summed E-state index contributed by atoms with van der Waals surface area (Å²) in [5.41, 5.74) is 1.63. The summed E-state index contributed by atoms with van der Waals surface area (Å²) < 4.78 is 38.5. The molecule has 1 N–H and O–H groups in total. The summed E-state index contributed by atoms with van der Waals surface area (Å²) in [5.74, 6) is -1.39. The fourth-order valence-electron chi connectivity index (χ4n) is 4.45. The van der Waals surface area contributed by atoms with Crippen molar-refractivity contribution in [3.63, 3.8) is 0 Å². The molecule has 1 aromatic carbocycles. The van der Waals surface area contributed by atoms with Gasteiger partial charge in [-0.05, 0) is 49.5 Å². The molecule has 0 bridgehead atoms. The molecular formula is C21H24ClF2N3O2S. The maximum atomic E-state index is 14.5. The fourth-order valence-corrected chi connectivity index (χ4v) is 4.91. The molecule has 5 nitrogen and oxygen atoms in total. The average Bonchev–Trinajstić information content (AvgIpc) is 3.25. The summed E-state index contributed by atoms with van der Waals surface area (Å²) in [6, 6.07) is 2.41. The Labute approximate surface area is 184 Å². The lowest BCUT2D eigenvalue weighted by molar-refractivity contribution is -0.120. The van der Waals surface area contributed by atoms with Crippen LogP contribution in [0.5, 0.6) is 0 Å². The maximum absolute atomic E-state index is 14.5. The third-order valence-corrected chi connectivity index (χ3v) is 6.95. The van der Waals surface area contributed by atoms with Gasteiger partial charge in [0.05, 0.1) is 11.4 Å². The van der Waals surface area contributed by atoms with Crippen LogP contribution in [0, 0.1) is 22.3 Å². The molecule has 3 heterocycles. The first-order valence-corrected chi connectivity index (χ1v) is 10.9. The van der Waals surface area contributed by atoms with Gasteiger partial charge in [0.1, 0.15) is 11.6 Å². The lowest BCUT2D eigenvalue weighted by Crippen LogP contribution is -2.33. The van der Waals surface area contributed by atoms with E-state index >= 15 is 0 Å². The van der Waals surface area contributed by atoms with Crippen molar-refractivity contribution in [2.24, 2.45) is 13.0 Å². The van der Waals surface area contributed by atoms with Gasteiger partial charge >= 0.3 is 0 Å².